The number of amides is 2. The quantitative estimate of drug-likeness (QED) is 0.840. The summed E-state index contributed by atoms with van der Waals surface area (Å²) in [5.41, 5.74) is 0.609. The van der Waals surface area contributed by atoms with E-state index in [1.54, 1.807) is 24.1 Å². The minimum absolute atomic E-state index is 0.00248. The van der Waals surface area contributed by atoms with E-state index < -0.39 is 0 Å². The second-order valence-corrected chi connectivity index (χ2v) is 5.25. The number of hydrogen-bond acceptors (Lipinski definition) is 3. The Morgan fingerprint density at radius 1 is 1.29 bits per heavy atom. The summed E-state index contributed by atoms with van der Waals surface area (Å²) in [5.74, 6) is 0.660. The summed E-state index contributed by atoms with van der Waals surface area (Å²) in [6, 6.07) is 7.19. The fourth-order valence-electron chi connectivity index (χ4n) is 1.97. The molecule has 0 bridgehead atoms. The van der Waals surface area contributed by atoms with Gasteiger partial charge in [0.1, 0.15) is 5.75 Å². The average Bonchev–Trinajstić information content (AvgIpc) is 2.44. The second kappa shape index (κ2) is 8.29. The van der Waals surface area contributed by atoms with Gasteiger partial charge in [-0.15, -0.1) is 0 Å². The van der Waals surface area contributed by atoms with Crippen molar-refractivity contribution in [1.82, 2.24) is 4.90 Å². The summed E-state index contributed by atoms with van der Waals surface area (Å²) in [6.45, 7) is 6.42. The number of carbonyl (C=O) groups excluding carboxylic acids is 2. The van der Waals surface area contributed by atoms with E-state index in [9.17, 15) is 9.59 Å². The minimum atomic E-state index is -0.224. The molecule has 0 radical (unpaired) electrons. The third-order valence-corrected chi connectivity index (χ3v) is 3.03. The smallest absolute Gasteiger partial charge is 0.244 e. The van der Waals surface area contributed by atoms with Crippen LogP contribution in [0.2, 0.25) is 0 Å². The normalized spacial score (nSPS) is 10.3. The zero-order valence-electron chi connectivity index (χ0n) is 13.2. The molecule has 0 aliphatic heterocycles. The molecule has 0 aromatic heterocycles. The Morgan fingerprint density at radius 2 is 1.95 bits per heavy atom. The Kier molecular flexibility index (Phi) is 6.72. The molecule has 116 valence electrons. The Bertz CT molecular complexity index is 486. The highest BCUT2D eigenvalue weighted by atomic mass is 16.5. The Balaban J connectivity index is 2.65. The topological polar surface area (TPSA) is 58.6 Å². The van der Waals surface area contributed by atoms with E-state index >= 15 is 0 Å². The average molecular weight is 292 g/mol. The molecule has 1 N–H and O–H groups in total. The van der Waals surface area contributed by atoms with Crippen molar-refractivity contribution in [1.29, 1.82) is 0 Å². The van der Waals surface area contributed by atoms with Crippen molar-refractivity contribution >= 4 is 17.5 Å². The molecule has 1 rings (SSSR count). The maximum Gasteiger partial charge on any atom is 0.244 e. The summed E-state index contributed by atoms with van der Waals surface area (Å²) < 4.78 is 5.18. The van der Waals surface area contributed by atoms with Gasteiger partial charge in [-0.1, -0.05) is 26.0 Å². The van der Waals surface area contributed by atoms with Gasteiger partial charge in [-0.05, 0) is 25.0 Å². The lowest BCUT2D eigenvalue weighted by Crippen LogP contribution is -2.38. The molecule has 2 amide bonds. The van der Waals surface area contributed by atoms with Crippen molar-refractivity contribution in [2.24, 2.45) is 5.92 Å². The molecule has 21 heavy (non-hydrogen) atoms. The summed E-state index contributed by atoms with van der Waals surface area (Å²) in [4.78, 5) is 25.7. The summed E-state index contributed by atoms with van der Waals surface area (Å²) in [6.07, 6.45) is 0.454. The molecule has 0 spiro atoms. The second-order valence-electron chi connectivity index (χ2n) is 5.25. The zero-order chi connectivity index (χ0) is 15.8. The molecule has 5 heteroatoms. The lowest BCUT2D eigenvalue weighted by molar-refractivity contribution is -0.135. The lowest BCUT2D eigenvalue weighted by atomic mass is 10.1. The molecular weight excluding hydrogens is 268 g/mol. The van der Waals surface area contributed by atoms with Crippen LogP contribution in [0.5, 0.6) is 5.75 Å². The van der Waals surface area contributed by atoms with E-state index in [4.69, 9.17) is 4.74 Å². The van der Waals surface area contributed by atoms with Crippen LogP contribution in [0.1, 0.15) is 27.2 Å². The third-order valence-electron chi connectivity index (χ3n) is 3.03. The molecular formula is C16H24N2O3. The Hall–Kier alpha value is -2.04. The van der Waals surface area contributed by atoms with Crippen molar-refractivity contribution < 1.29 is 14.3 Å². The van der Waals surface area contributed by atoms with E-state index in [0.29, 0.717) is 24.4 Å². The van der Waals surface area contributed by atoms with E-state index in [2.05, 4.69) is 5.32 Å². The molecule has 1 aromatic carbocycles. The van der Waals surface area contributed by atoms with E-state index in [1.807, 2.05) is 32.9 Å². The predicted molar refractivity (Wildman–Crippen MR) is 83.3 cm³/mol. The van der Waals surface area contributed by atoms with Gasteiger partial charge >= 0.3 is 0 Å². The van der Waals surface area contributed by atoms with Gasteiger partial charge < -0.3 is 15.0 Å². The minimum Gasteiger partial charge on any atom is -0.495 e. The van der Waals surface area contributed by atoms with Crippen LogP contribution in [0.25, 0.3) is 0 Å². The van der Waals surface area contributed by atoms with Crippen LogP contribution in [0.3, 0.4) is 0 Å². The maximum absolute atomic E-state index is 12.1. The van der Waals surface area contributed by atoms with Crippen molar-refractivity contribution in [3.8, 4) is 5.75 Å². The van der Waals surface area contributed by atoms with E-state index in [0.717, 1.165) is 0 Å². The summed E-state index contributed by atoms with van der Waals surface area (Å²) in [5, 5.41) is 2.78. The molecule has 5 nitrogen and oxygen atoms in total. The highest BCUT2D eigenvalue weighted by molar-refractivity contribution is 5.95. The monoisotopic (exact) mass is 292 g/mol. The van der Waals surface area contributed by atoms with Gasteiger partial charge in [-0.2, -0.15) is 0 Å². The van der Waals surface area contributed by atoms with Gasteiger partial charge in [0.05, 0.1) is 19.3 Å². The SMILES string of the molecule is CCN(CC(=O)Nc1ccccc1OC)C(=O)CC(C)C. The standard InChI is InChI=1S/C16H24N2O3/c1-5-18(16(20)10-12(2)3)11-15(19)17-13-8-6-7-9-14(13)21-4/h6-9,12H,5,10-11H2,1-4H3,(H,17,19). The van der Waals surface area contributed by atoms with Gasteiger partial charge in [0, 0.05) is 13.0 Å². The lowest BCUT2D eigenvalue weighted by Gasteiger charge is -2.21. The number of carbonyl (C=O) groups is 2. The van der Waals surface area contributed by atoms with Crippen LogP contribution in [0.15, 0.2) is 24.3 Å². The van der Waals surface area contributed by atoms with Crippen molar-refractivity contribution in [3.63, 3.8) is 0 Å². The number of nitrogens with zero attached hydrogens (tertiary/aromatic N) is 1. The molecule has 0 unspecified atom stereocenters. The molecule has 0 saturated heterocycles. The molecule has 0 aliphatic rings. The zero-order valence-corrected chi connectivity index (χ0v) is 13.2. The molecule has 1 aromatic rings. The highest BCUT2D eigenvalue weighted by Crippen LogP contribution is 2.22. The van der Waals surface area contributed by atoms with Crippen LogP contribution < -0.4 is 10.1 Å². The Morgan fingerprint density at radius 3 is 2.52 bits per heavy atom. The van der Waals surface area contributed by atoms with Crippen molar-refractivity contribution in [2.45, 2.75) is 27.2 Å². The Labute approximate surface area is 126 Å². The number of para-hydroxylation sites is 2. The van der Waals surface area contributed by atoms with Crippen LogP contribution in [-0.2, 0) is 9.59 Å². The van der Waals surface area contributed by atoms with Gasteiger partial charge in [-0.3, -0.25) is 9.59 Å². The van der Waals surface area contributed by atoms with Gasteiger partial charge in [0.25, 0.3) is 0 Å². The first-order chi connectivity index (χ1) is 9.97. The summed E-state index contributed by atoms with van der Waals surface area (Å²) >= 11 is 0. The first-order valence-corrected chi connectivity index (χ1v) is 7.18. The van der Waals surface area contributed by atoms with Crippen LogP contribution in [0, 0.1) is 5.92 Å². The first-order valence-electron chi connectivity index (χ1n) is 7.18. The predicted octanol–water partition coefficient (Wildman–Crippen LogP) is 2.53. The number of methoxy groups -OCH3 is 1. The van der Waals surface area contributed by atoms with Gasteiger partial charge in [-0.25, -0.2) is 0 Å². The number of ether oxygens (including phenoxy) is 1. The highest BCUT2D eigenvalue weighted by Gasteiger charge is 2.17. The van der Waals surface area contributed by atoms with Gasteiger partial charge in [0.2, 0.25) is 11.8 Å². The van der Waals surface area contributed by atoms with Crippen LogP contribution in [0.4, 0.5) is 5.69 Å². The van der Waals surface area contributed by atoms with Crippen molar-refractivity contribution in [2.75, 3.05) is 25.5 Å². The number of hydrogen-bond donors (Lipinski definition) is 1. The molecule has 0 aliphatic carbocycles. The molecule has 0 atom stereocenters. The number of likely N-dealkylation sites (N-methyl/N-ethyl adjacent to an activating group) is 1. The number of nitrogens with one attached hydrogen (secondary N) is 1. The number of anilines is 1. The number of rotatable bonds is 7. The third kappa shape index (κ3) is 5.45. The fourth-order valence-corrected chi connectivity index (χ4v) is 1.97. The van der Waals surface area contributed by atoms with Crippen LogP contribution in [-0.4, -0.2) is 36.9 Å². The summed E-state index contributed by atoms with van der Waals surface area (Å²) in [7, 11) is 1.55. The largest absolute Gasteiger partial charge is 0.495 e. The van der Waals surface area contributed by atoms with E-state index in [1.165, 1.54) is 0 Å². The maximum atomic E-state index is 12.1. The molecule has 0 heterocycles. The molecule has 0 saturated carbocycles. The first kappa shape index (κ1) is 17.0. The van der Waals surface area contributed by atoms with E-state index in [-0.39, 0.29) is 24.3 Å². The number of benzene rings is 1. The van der Waals surface area contributed by atoms with Crippen LogP contribution >= 0.6 is 0 Å². The fraction of sp³-hybridized carbons (Fsp3) is 0.500. The van der Waals surface area contributed by atoms with Gasteiger partial charge in [0.15, 0.2) is 0 Å². The molecule has 0 fully saturated rings. The van der Waals surface area contributed by atoms with Crippen molar-refractivity contribution in [3.05, 3.63) is 24.3 Å².